The third-order valence-corrected chi connectivity index (χ3v) is 4.55. The monoisotopic (exact) mass is 277 g/mol. The molecule has 0 amide bonds. The van der Waals surface area contributed by atoms with Crippen LogP contribution in [0.4, 0.5) is 0 Å². The Bertz CT molecular complexity index is 418. The number of hydrogen-bond acceptors (Lipinski definition) is 3. The Kier molecular flexibility index (Phi) is 4.84. The van der Waals surface area contributed by atoms with Gasteiger partial charge in [-0.3, -0.25) is 0 Å². The summed E-state index contributed by atoms with van der Waals surface area (Å²) in [4.78, 5) is 2.38. The van der Waals surface area contributed by atoms with E-state index in [9.17, 15) is 10.2 Å². The maximum atomic E-state index is 10.2. The average molecular weight is 277 g/mol. The zero-order valence-electron chi connectivity index (χ0n) is 12.7. The molecule has 1 heterocycles. The minimum atomic E-state index is -0.531. The molecule has 1 aromatic rings. The van der Waals surface area contributed by atoms with Crippen LogP contribution in [0.15, 0.2) is 30.3 Å². The Morgan fingerprint density at radius 3 is 2.55 bits per heavy atom. The van der Waals surface area contributed by atoms with E-state index in [-0.39, 0.29) is 12.0 Å². The van der Waals surface area contributed by atoms with Crippen LogP contribution in [0.25, 0.3) is 0 Å². The molecule has 3 nitrogen and oxygen atoms in total. The highest BCUT2D eigenvalue weighted by molar-refractivity contribution is 5.25. The van der Waals surface area contributed by atoms with Crippen LogP contribution in [0, 0.1) is 0 Å². The summed E-state index contributed by atoms with van der Waals surface area (Å²) in [6, 6.07) is 10.2. The van der Waals surface area contributed by atoms with E-state index in [0.717, 1.165) is 38.9 Å². The molecule has 2 atom stereocenters. The number of hydrogen-bond donors (Lipinski definition) is 2. The van der Waals surface area contributed by atoms with Crippen molar-refractivity contribution in [2.24, 2.45) is 0 Å². The zero-order valence-corrected chi connectivity index (χ0v) is 12.7. The van der Waals surface area contributed by atoms with E-state index in [0.29, 0.717) is 0 Å². The van der Waals surface area contributed by atoms with Crippen LogP contribution < -0.4 is 0 Å². The Balaban J connectivity index is 2.06. The number of likely N-dealkylation sites (tertiary alicyclic amines) is 1. The molecule has 2 rings (SSSR count). The highest BCUT2D eigenvalue weighted by Gasteiger charge is 2.31. The van der Waals surface area contributed by atoms with Crippen molar-refractivity contribution in [2.75, 3.05) is 26.2 Å². The van der Waals surface area contributed by atoms with Crippen molar-refractivity contribution in [3.63, 3.8) is 0 Å². The Morgan fingerprint density at radius 2 is 1.90 bits per heavy atom. The van der Waals surface area contributed by atoms with Crippen LogP contribution in [-0.4, -0.2) is 47.0 Å². The lowest BCUT2D eigenvalue weighted by molar-refractivity contribution is 0.0433. The van der Waals surface area contributed by atoms with Crippen LogP contribution >= 0.6 is 0 Å². The second-order valence-electron chi connectivity index (χ2n) is 6.71. The molecular formula is C17H27NO2. The van der Waals surface area contributed by atoms with Gasteiger partial charge in [0, 0.05) is 18.5 Å². The van der Waals surface area contributed by atoms with Gasteiger partial charge in [-0.25, -0.2) is 0 Å². The predicted molar refractivity (Wildman–Crippen MR) is 81.8 cm³/mol. The number of aliphatic hydroxyl groups excluding tert-OH is 1. The van der Waals surface area contributed by atoms with Crippen molar-refractivity contribution in [3.8, 4) is 0 Å². The van der Waals surface area contributed by atoms with Crippen molar-refractivity contribution in [3.05, 3.63) is 35.9 Å². The first-order valence-electron chi connectivity index (χ1n) is 7.56. The van der Waals surface area contributed by atoms with E-state index >= 15 is 0 Å². The lowest BCUT2D eigenvalue weighted by Crippen LogP contribution is -2.42. The molecule has 2 N–H and O–H groups in total. The molecule has 1 aliphatic rings. The van der Waals surface area contributed by atoms with Gasteiger partial charge in [0.25, 0.3) is 0 Å². The van der Waals surface area contributed by atoms with E-state index in [1.165, 1.54) is 5.56 Å². The highest BCUT2D eigenvalue weighted by Crippen LogP contribution is 2.27. The van der Waals surface area contributed by atoms with Crippen molar-refractivity contribution < 1.29 is 10.2 Å². The minimum absolute atomic E-state index is 0.143. The molecule has 0 aromatic heterocycles. The summed E-state index contributed by atoms with van der Waals surface area (Å²) < 4.78 is 0. The van der Waals surface area contributed by atoms with Gasteiger partial charge in [-0.1, -0.05) is 37.3 Å². The number of nitrogens with zero attached hydrogens (tertiary/aromatic N) is 1. The van der Waals surface area contributed by atoms with Gasteiger partial charge in [0.15, 0.2) is 0 Å². The molecule has 0 bridgehead atoms. The average Bonchev–Trinajstić information content (AvgIpc) is 2.61. The van der Waals surface area contributed by atoms with E-state index in [1.807, 2.05) is 25.1 Å². The van der Waals surface area contributed by atoms with Crippen LogP contribution in [0.2, 0.25) is 0 Å². The quantitative estimate of drug-likeness (QED) is 0.886. The molecule has 1 aliphatic heterocycles. The molecule has 1 aromatic carbocycles. The van der Waals surface area contributed by atoms with Gasteiger partial charge in [-0.05, 0) is 38.3 Å². The van der Waals surface area contributed by atoms with Gasteiger partial charge < -0.3 is 15.1 Å². The van der Waals surface area contributed by atoms with Gasteiger partial charge in [-0.2, -0.15) is 0 Å². The van der Waals surface area contributed by atoms with Gasteiger partial charge >= 0.3 is 0 Å². The Morgan fingerprint density at radius 1 is 1.20 bits per heavy atom. The third-order valence-electron chi connectivity index (χ3n) is 4.55. The van der Waals surface area contributed by atoms with E-state index in [4.69, 9.17) is 0 Å². The molecule has 0 saturated carbocycles. The molecule has 0 aliphatic carbocycles. The van der Waals surface area contributed by atoms with Crippen LogP contribution in [0.1, 0.15) is 38.7 Å². The number of rotatable bonds is 4. The molecule has 0 radical (unpaired) electrons. The second-order valence-corrected chi connectivity index (χ2v) is 6.71. The van der Waals surface area contributed by atoms with E-state index in [1.54, 1.807) is 0 Å². The van der Waals surface area contributed by atoms with Crippen LogP contribution in [0.5, 0.6) is 0 Å². The summed E-state index contributed by atoms with van der Waals surface area (Å²) in [7, 11) is 0. The summed E-state index contributed by atoms with van der Waals surface area (Å²) in [6.07, 6.45) is 2.69. The Hall–Kier alpha value is -0.900. The van der Waals surface area contributed by atoms with Gasteiger partial charge in [0.05, 0.1) is 12.2 Å². The minimum Gasteiger partial charge on any atom is -0.395 e. The van der Waals surface area contributed by atoms with Crippen molar-refractivity contribution in [1.82, 2.24) is 4.90 Å². The maximum Gasteiger partial charge on any atom is 0.0632 e. The molecule has 0 spiro atoms. The first-order chi connectivity index (χ1) is 9.45. The van der Waals surface area contributed by atoms with Crippen molar-refractivity contribution in [2.45, 2.75) is 44.1 Å². The summed E-state index contributed by atoms with van der Waals surface area (Å²) in [5, 5.41) is 20.0. The number of aliphatic hydroxyl groups is 2. The fourth-order valence-electron chi connectivity index (χ4n) is 3.04. The molecule has 1 fully saturated rings. The molecular weight excluding hydrogens is 250 g/mol. The van der Waals surface area contributed by atoms with Gasteiger partial charge in [-0.15, -0.1) is 0 Å². The summed E-state index contributed by atoms with van der Waals surface area (Å²) >= 11 is 0. The molecule has 112 valence electrons. The predicted octanol–water partition coefficient (Wildman–Crippen LogP) is 2.17. The standard InChI is InChI=1S/C17H27NO2/c1-16(14-19,15-7-4-3-5-8-15)13-18-11-6-9-17(2,20)10-12-18/h3-5,7-8,19-20H,6,9-14H2,1-2H3. The SMILES string of the molecule is CC1(O)CCCN(CC(C)(CO)c2ccccc2)CC1. The van der Waals surface area contributed by atoms with Crippen molar-refractivity contribution >= 4 is 0 Å². The van der Waals surface area contributed by atoms with Gasteiger partial charge in [0.1, 0.15) is 0 Å². The summed E-state index contributed by atoms with van der Waals surface area (Å²) in [5.74, 6) is 0. The summed E-state index contributed by atoms with van der Waals surface area (Å²) in [5.41, 5.74) is 0.410. The maximum absolute atomic E-state index is 10.2. The van der Waals surface area contributed by atoms with E-state index < -0.39 is 5.60 Å². The van der Waals surface area contributed by atoms with E-state index in [2.05, 4.69) is 24.0 Å². The molecule has 20 heavy (non-hydrogen) atoms. The first kappa shape index (κ1) is 15.5. The molecule has 1 saturated heterocycles. The topological polar surface area (TPSA) is 43.7 Å². The number of benzene rings is 1. The second kappa shape index (κ2) is 6.25. The molecule has 2 unspecified atom stereocenters. The lowest BCUT2D eigenvalue weighted by atomic mass is 9.82. The van der Waals surface area contributed by atoms with Gasteiger partial charge in [0.2, 0.25) is 0 Å². The third kappa shape index (κ3) is 3.81. The Labute approximate surface area is 122 Å². The molecule has 3 heteroatoms. The fraction of sp³-hybridized carbons (Fsp3) is 0.647. The largest absolute Gasteiger partial charge is 0.395 e. The fourth-order valence-corrected chi connectivity index (χ4v) is 3.04. The van der Waals surface area contributed by atoms with Crippen LogP contribution in [0.3, 0.4) is 0 Å². The summed E-state index contributed by atoms with van der Waals surface area (Å²) in [6.45, 7) is 6.92. The van der Waals surface area contributed by atoms with Crippen molar-refractivity contribution in [1.29, 1.82) is 0 Å². The zero-order chi connectivity index (χ0) is 14.6. The van der Waals surface area contributed by atoms with Crippen LogP contribution in [-0.2, 0) is 5.41 Å². The highest BCUT2D eigenvalue weighted by atomic mass is 16.3. The normalized spacial score (nSPS) is 27.8. The first-order valence-corrected chi connectivity index (χ1v) is 7.56. The lowest BCUT2D eigenvalue weighted by Gasteiger charge is -2.34. The smallest absolute Gasteiger partial charge is 0.0632 e.